The van der Waals surface area contributed by atoms with E-state index < -0.39 is 6.23 Å². The molecule has 0 unspecified atom stereocenters. The van der Waals surface area contributed by atoms with E-state index in [-0.39, 0.29) is 5.91 Å². The first-order valence-electron chi connectivity index (χ1n) is 9.18. The van der Waals surface area contributed by atoms with E-state index in [0.717, 1.165) is 11.1 Å². The number of hydrazone groups is 1. The van der Waals surface area contributed by atoms with Crippen molar-refractivity contribution in [2.75, 3.05) is 0 Å². The Balaban J connectivity index is 1.61. The summed E-state index contributed by atoms with van der Waals surface area (Å²) in [6.45, 7) is 1.86. The second-order valence-corrected chi connectivity index (χ2v) is 7.00. The summed E-state index contributed by atoms with van der Waals surface area (Å²) in [7, 11) is 0. The van der Waals surface area contributed by atoms with Crippen LogP contribution in [0.15, 0.2) is 84.0 Å². The third kappa shape index (κ3) is 4.25. The van der Waals surface area contributed by atoms with Crippen molar-refractivity contribution < 1.29 is 14.3 Å². The molecule has 0 aliphatic carbocycles. The summed E-state index contributed by atoms with van der Waals surface area (Å²) in [5.74, 6) is 0.741. The van der Waals surface area contributed by atoms with Crippen LogP contribution in [0.4, 0.5) is 0 Å². The van der Waals surface area contributed by atoms with E-state index >= 15 is 0 Å². The highest BCUT2D eigenvalue weighted by Gasteiger charge is 2.35. The molecule has 3 aromatic rings. The molecule has 0 N–H and O–H groups in total. The first kappa shape index (κ1) is 19.0. The fraction of sp³-hybridized carbons (Fsp3) is 0.130. The molecule has 0 aromatic heterocycles. The molecule has 4 rings (SSSR count). The van der Waals surface area contributed by atoms with Crippen molar-refractivity contribution in [3.63, 3.8) is 0 Å². The SMILES string of the molecule is CC(=O)N1N=C(c2cccc(Cl)c2)O[C@@H]1c1ccccc1OCc1ccccc1. The summed E-state index contributed by atoms with van der Waals surface area (Å²) < 4.78 is 12.1. The molecule has 1 aliphatic heterocycles. The molecule has 0 spiro atoms. The molecular weight excluding hydrogens is 388 g/mol. The van der Waals surface area contributed by atoms with Gasteiger partial charge in [-0.3, -0.25) is 4.79 Å². The second-order valence-electron chi connectivity index (χ2n) is 6.56. The van der Waals surface area contributed by atoms with Crippen LogP contribution in [-0.2, 0) is 16.1 Å². The highest BCUT2D eigenvalue weighted by Crippen LogP contribution is 2.36. The minimum Gasteiger partial charge on any atom is -0.488 e. The van der Waals surface area contributed by atoms with Crippen molar-refractivity contribution in [2.24, 2.45) is 5.10 Å². The average molecular weight is 407 g/mol. The van der Waals surface area contributed by atoms with Crippen LogP contribution < -0.4 is 4.74 Å². The standard InChI is InChI=1S/C23H19ClN2O3/c1-16(27)26-23(29-22(25-26)18-10-7-11-19(24)14-18)20-12-5-6-13-21(20)28-15-17-8-3-2-4-9-17/h2-14,23H,15H2,1H3/t23-/m1/s1. The van der Waals surface area contributed by atoms with Gasteiger partial charge >= 0.3 is 0 Å². The Bertz CT molecular complexity index is 1050. The molecule has 1 heterocycles. The predicted octanol–water partition coefficient (Wildman–Crippen LogP) is 5.16. The lowest BCUT2D eigenvalue weighted by Gasteiger charge is -2.22. The lowest BCUT2D eigenvalue weighted by Crippen LogP contribution is -2.25. The zero-order valence-corrected chi connectivity index (χ0v) is 16.5. The van der Waals surface area contributed by atoms with Gasteiger partial charge in [-0.15, -0.1) is 5.10 Å². The highest BCUT2D eigenvalue weighted by molar-refractivity contribution is 6.31. The Kier molecular flexibility index (Phi) is 5.49. The lowest BCUT2D eigenvalue weighted by atomic mass is 10.1. The van der Waals surface area contributed by atoms with E-state index in [0.29, 0.717) is 28.8 Å². The van der Waals surface area contributed by atoms with Gasteiger partial charge in [0.2, 0.25) is 18.0 Å². The van der Waals surface area contributed by atoms with Crippen molar-refractivity contribution >= 4 is 23.4 Å². The van der Waals surface area contributed by atoms with Gasteiger partial charge in [0.15, 0.2) is 0 Å². The van der Waals surface area contributed by atoms with Gasteiger partial charge in [0, 0.05) is 17.5 Å². The smallest absolute Gasteiger partial charge is 0.243 e. The number of ether oxygens (including phenoxy) is 2. The van der Waals surface area contributed by atoms with Crippen molar-refractivity contribution in [3.8, 4) is 5.75 Å². The highest BCUT2D eigenvalue weighted by atomic mass is 35.5. The molecule has 1 amide bonds. The minimum atomic E-state index is -0.714. The normalized spacial score (nSPS) is 15.6. The van der Waals surface area contributed by atoms with Gasteiger partial charge in [0.05, 0.1) is 5.56 Å². The number of para-hydroxylation sites is 1. The third-order valence-corrected chi connectivity index (χ3v) is 4.70. The summed E-state index contributed by atoms with van der Waals surface area (Å²) in [4.78, 5) is 12.2. The first-order chi connectivity index (χ1) is 14.1. The topological polar surface area (TPSA) is 51.1 Å². The van der Waals surface area contributed by atoms with Gasteiger partial charge in [-0.1, -0.05) is 60.1 Å². The van der Waals surface area contributed by atoms with Crippen molar-refractivity contribution in [1.29, 1.82) is 0 Å². The number of carbonyl (C=O) groups excluding carboxylic acids is 1. The fourth-order valence-corrected chi connectivity index (χ4v) is 3.25. The molecule has 0 fully saturated rings. The summed E-state index contributed by atoms with van der Waals surface area (Å²) in [5.41, 5.74) is 2.47. The molecule has 1 atom stereocenters. The largest absolute Gasteiger partial charge is 0.488 e. The predicted molar refractivity (Wildman–Crippen MR) is 112 cm³/mol. The van der Waals surface area contributed by atoms with E-state index in [9.17, 15) is 4.79 Å². The minimum absolute atomic E-state index is 0.232. The van der Waals surface area contributed by atoms with E-state index in [1.165, 1.54) is 11.9 Å². The zero-order valence-electron chi connectivity index (χ0n) is 15.8. The monoisotopic (exact) mass is 406 g/mol. The Hall–Kier alpha value is -3.31. The summed E-state index contributed by atoms with van der Waals surface area (Å²) in [6, 6.07) is 24.5. The molecule has 29 heavy (non-hydrogen) atoms. The maximum absolute atomic E-state index is 12.2. The molecule has 5 nitrogen and oxygen atoms in total. The van der Waals surface area contributed by atoms with Crippen LogP contribution in [0.1, 0.15) is 29.8 Å². The molecule has 0 saturated heterocycles. The average Bonchev–Trinajstić information content (AvgIpc) is 3.19. The van der Waals surface area contributed by atoms with Gasteiger partial charge in [-0.05, 0) is 35.9 Å². The van der Waals surface area contributed by atoms with Gasteiger partial charge in [-0.2, -0.15) is 5.01 Å². The molecule has 146 valence electrons. The van der Waals surface area contributed by atoms with Crippen molar-refractivity contribution in [3.05, 3.63) is 101 Å². The maximum atomic E-state index is 12.2. The number of amides is 1. The summed E-state index contributed by atoms with van der Waals surface area (Å²) in [5, 5.41) is 6.27. The Morgan fingerprint density at radius 1 is 1.07 bits per heavy atom. The zero-order chi connectivity index (χ0) is 20.2. The Labute approximate surface area is 174 Å². The number of rotatable bonds is 5. The molecule has 0 bridgehead atoms. The van der Waals surface area contributed by atoms with Crippen LogP contribution in [0.25, 0.3) is 0 Å². The fourth-order valence-electron chi connectivity index (χ4n) is 3.06. The van der Waals surface area contributed by atoms with Crippen LogP contribution in [0.3, 0.4) is 0 Å². The van der Waals surface area contributed by atoms with Crippen LogP contribution in [-0.4, -0.2) is 16.8 Å². The molecule has 0 saturated carbocycles. The van der Waals surface area contributed by atoms with Crippen LogP contribution in [0.5, 0.6) is 5.75 Å². The molecule has 1 aliphatic rings. The number of hydrogen-bond acceptors (Lipinski definition) is 4. The second kappa shape index (κ2) is 8.37. The summed E-state index contributed by atoms with van der Waals surface area (Å²) in [6.07, 6.45) is -0.714. The number of halogens is 1. The van der Waals surface area contributed by atoms with E-state index in [4.69, 9.17) is 21.1 Å². The van der Waals surface area contributed by atoms with Gasteiger partial charge < -0.3 is 9.47 Å². The van der Waals surface area contributed by atoms with Gasteiger partial charge in [0.1, 0.15) is 12.4 Å². The van der Waals surface area contributed by atoms with E-state index in [2.05, 4.69) is 5.10 Å². The van der Waals surface area contributed by atoms with E-state index in [1.54, 1.807) is 12.1 Å². The number of carbonyl (C=O) groups is 1. The Morgan fingerprint density at radius 2 is 1.83 bits per heavy atom. The lowest BCUT2D eigenvalue weighted by molar-refractivity contribution is -0.135. The van der Waals surface area contributed by atoms with Crippen molar-refractivity contribution in [1.82, 2.24) is 5.01 Å². The van der Waals surface area contributed by atoms with Crippen LogP contribution in [0, 0.1) is 0 Å². The Morgan fingerprint density at radius 3 is 2.59 bits per heavy atom. The number of benzene rings is 3. The van der Waals surface area contributed by atoms with Crippen LogP contribution >= 0.6 is 11.6 Å². The third-order valence-electron chi connectivity index (χ3n) is 4.46. The van der Waals surface area contributed by atoms with Gasteiger partial charge in [0.25, 0.3) is 0 Å². The first-order valence-corrected chi connectivity index (χ1v) is 9.56. The van der Waals surface area contributed by atoms with Crippen molar-refractivity contribution in [2.45, 2.75) is 19.8 Å². The molecule has 0 radical (unpaired) electrons. The van der Waals surface area contributed by atoms with E-state index in [1.807, 2.05) is 66.7 Å². The van der Waals surface area contributed by atoms with Crippen LogP contribution in [0.2, 0.25) is 5.02 Å². The number of hydrogen-bond donors (Lipinski definition) is 0. The molecular formula is C23H19ClN2O3. The molecule has 3 aromatic carbocycles. The number of nitrogens with zero attached hydrogens (tertiary/aromatic N) is 2. The maximum Gasteiger partial charge on any atom is 0.243 e. The van der Waals surface area contributed by atoms with Gasteiger partial charge in [-0.25, -0.2) is 0 Å². The summed E-state index contributed by atoms with van der Waals surface area (Å²) >= 11 is 6.09. The molecule has 6 heteroatoms. The quantitative estimate of drug-likeness (QED) is 0.588.